The van der Waals surface area contributed by atoms with Gasteiger partial charge in [0.05, 0.1) is 10.4 Å². The molecule has 0 spiro atoms. The van der Waals surface area contributed by atoms with Gasteiger partial charge in [0, 0.05) is 22.6 Å². The van der Waals surface area contributed by atoms with E-state index < -0.39 is 20.0 Å². The van der Waals surface area contributed by atoms with Crippen molar-refractivity contribution in [3.63, 3.8) is 0 Å². The molecule has 160 valence electrons. The SMILES string of the molecule is O=S(=O)(NCCc1ccccc1)c1cn(S(=O)(=O)c2ccccc2)c2cccc(Br)c12. The Kier molecular flexibility index (Phi) is 6.02. The van der Waals surface area contributed by atoms with Gasteiger partial charge in [0.25, 0.3) is 10.0 Å². The predicted octanol–water partition coefficient (Wildman–Crippen LogP) is 4.16. The molecule has 6 nitrogen and oxygen atoms in total. The fourth-order valence-electron chi connectivity index (χ4n) is 3.34. The Morgan fingerprint density at radius 2 is 1.45 bits per heavy atom. The summed E-state index contributed by atoms with van der Waals surface area (Å²) in [5, 5.41) is 0.314. The second-order valence-corrected chi connectivity index (χ2v) is 11.3. The van der Waals surface area contributed by atoms with E-state index in [0.717, 1.165) is 9.54 Å². The Bertz CT molecular complexity index is 1430. The monoisotopic (exact) mass is 518 g/mol. The van der Waals surface area contributed by atoms with Crippen molar-refractivity contribution in [3.05, 3.63) is 95.1 Å². The lowest BCUT2D eigenvalue weighted by molar-refractivity contribution is 0.582. The molecule has 0 radical (unpaired) electrons. The molecular weight excluding hydrogens is 500 g/mol. The van der Waals surface area contributed by atoms with Gasteiger partial charge in [0.1, 0.15) is 4.90 Å². The summed E-state index contributed by atoms with van der Waals surface area (Å²) in [5.74, 6) is 0. The molecule has 1 aromatic heterocycles. The van der Waals surface area contributed by atoms with Crippen LogP contribution in [0.25, 0.3) is 10.9 Å². The Morgan fingerprint density at radius 1 is 0.806 bits per heavy atom. The number of sulfonamides is 1. The summed E-state index contributed by atoms with van der Waals surface area (Å²) in [7, 11) is -7.95. The number of aromatic nitrogens is 1. The minimum Gasteiger partial charge on any atom is -0.240 e. The number of nitrogens with zero attached hydrogens (tertiary/aromatic N) is 1. The van der Waals surface area contributed by atoms with E-state index >= 15 is 0 Å². The molecule has 0 aliphatic carbocycles. The number of fused-ring (bicyclic) bond motifs is 1. The van der Waals surface area contributed by atoms with Crippen LogP contribution in [0.2, 0.25) is 0 Å². The molecule has 4 rings (SSSR count). The van der Waals surface area contributed by atoms with Crippen LogP contribution in [0.3, 0.4) is 0 Å². The largest absolute Gasteiger partial charge is 0.268 e. The summed E-state index contributed by atoms with van der Waals surface area (Å²) in [6.07, 6.45) is 1.69. The average molecular weight is 519 g/mol. The highest BCUT2D eigenvalue weighted by molar-refractivity contribution is 9.10. The average Bonchev–Trinajstić information content (AvgIpc) is 3.18. The van der Waals surface area contributed by atoms with Gasteiger partial charge >= 0.3 is 0 Å². The van der Waals surface area contributed by atoms with Crippen LogP contribution in [0.5, 0.6) is 0 Å². The molecule has 9 heteroatoms. The number of hydrogen-bond acceptors (Lipinski definition) is 4. The molecule has 0 fully saturated rings. The highest BCUT2D eigenvalue weighted by Crippen LogP contribution is 2.34. The molecule has 0 amide bonds. The first-order chi connectivity index (χ1) is 14.8. The van der Waals surface area contributed by atoms with Gasteiger partial charge in [-0.1, -0.05) is 70.5 Å². The molecule has 0 aliphatic rings. The Hall–Kier alpha value is -2.46. The first-order valence-corrected chi connectivity index (χ1v) is 13.2. The maximum Gasteiger partial charge on any atom is 0.268 e. The number of benzene rings is 3. The van der Waals surface area contributed by atoms with Crippen molar-refractivity contribution >= 4 is 46.9 Å². The molecule has 31 heavy (non-hydrogen) atoms. The zero-order valence-corrected chi connectivity index (χ0v) is 19.5. The summed E-state index contributed by atoms with van der Waals surface area (Å²) in [4.78, 5) is -0.0181. The standard InChI is InChI=1S/C22H19BrN2O4S2/c23-19-12-7-13-20-22(19)21(16-25(20)31(28,29)18-10-5-2-6-11-18)30(26,27)24-15-14-17-8-3-1-4-9-17/h1-13,16,24H,14-15H2. The van der Waals surface area contributed by atoms with Crippen molar-refractivity contribution in [1.29, 1.82) is 0 Å². The highest BCUT2D eigenvalue weighted by Gasteiger charge is 2.27. The Balaban J connectivity index is 1.76. The van der Waals surface area contributed by atoms with Crippen LogP contribution < -0.4 is 4.72 Å². The van der Waals surface area contributed by atoms with Gasteiger partial charge < -0.3 is 0 Å². The van der Waals surface area contributed by atoms with Crippen LogP contribution in [0, 0.1) is 0 Å². The van der Waals surface area contributed by atoms with Gasteiger partial charge in [0.2, 0.25) is 10.0 Å². The van der Waals surface area contributed by atoms with Crippen molar-refractivity contribution in [2.24, 2.45) is 0 Å². The molecule has 0 unspecified atom stereocenters. The minimum absolute atomic E-state index is 0.0767. The van der Waals surface area contributed by atoms with Crippen molar-refractivity contribution < 1.29 is 16.8 Å². The first-order valence-electron chi connectivity index (χ1n) is 9.44. The fourth-order valence-corrected chi connectivity index (χ4v) is 6.75. The lowest BCUT2D eigenvalue weighted by atomic mass is 10.2. The van der Waals surface area contributed by atoms with Gasteiger partial charge in [-0.3, -0.25) is 0 Å². The van der Waals surface area contributed by atoms with Crippen molar-refractivity contribution in [2.45, 2.75) is 16.2 Å². The van der Waals surface area contributed by atoms with E-state index in [4.69, 9.17) is 0 Å². The van der Waals surface area contributed by atoms with Crippen LogP contribution in [0.4, 0.5) is 0 Å². The Labute approximate surface area is 189 Å². The second kappa shape index (κ2) is 8.58. The third kappa shape index (κ3) is 4.31. The van der Waals surface area contributed by atoms with E-state index in [0.29, 0.717) is 16.3 Å². The summed E-state index contributed by atoms with van der Waals surface area (Å²) in [6.45, 7) is 0.189. The van der Waals surface area contributed by atoms with E-state index in [1.807, 2.05) is 30.3 Å². The topological polar surface area (TPSA) is 85.2 Å². The number of hydrogen-bond donors (Lipinski definition) is 1. The molecule has 0 bridgehead atoms. The molecule has 1 N–H and O–H groups in total. The van der Waals surface area contributed by atoms with E-state index in [1.165, 1.54) is 18.3 Å². The minimum atomic E-state index is -3.98. The van der Waals surface area contributed by atoms with Crippen molar-refractivity contribution in [2.75, 3.05) is 6.54 Å². The normalized spacial score (nSPS) is 12.3. The predicted molar refractivity (Wildman–Crippen MR) is 124 cm³/mol. The summed E-state index contributed by atoms with van der Waals surface area (Å²) >= 11 is 3.38. The number of nitrogens with one attached hydrogen (secondary N) is 1. The van der Waals surface area contributed by atoms with Crippen LogP contribution in [0.15, 0.2) is 99.3 Å². The maximum absolute atomic E-state index is 13.2. The molecule has 1 heterocycles. The summed E-state index contributed by atoms with van der Waals surface area (Å²) in [6, 6.07) is 22.4. The lowest BCUT2D eigenvalue weighted by Crippen LogP contribution is -2.26. The molecule has 3 aromatic carbocycles. The van der Waals surface area contributed by atoms with E-state index in [9.17, 15) is 16.8 Å². The van der Waals surface area contributed by atoms with Gasteiger partial charge in [-0.15, -0.1) is 0 Å². The van der Waals surface area contributed by atoms with Crippen LogP contribution in [-0.2, 0) is 26.5 Å². The zero-order valence-electron chi connectivity index (χ0n) is 16.3. The lowest BCUT2D eigenvalue weighted by Gasteiger charge is -2.07. The van der Waals surface area contributed by atoms with E-state index in [2.05, 4.69) is 20.7 Å². The van der Waals surface area contributed by atoms with Crippen molar-refractivity contribution in [1.82, 2.24) is 8.69 Å². The third-order valence-electron chi connectivity index (χ3n) is 4.85. The number of rotatable bonds is 7. The highest BCUT2D eigenvalue weighted by atomic mass is 79.9. The number of halogens is 1. The fraction of sp³-hybridized carbons (Fsp3) is 0.0909. The Morgan fingerprint density at radius 3 is 2.13 bits per heavy atom. The van der Waals surface area contributed by atoms with Gasteiger partial charge in [-0.05, 0) is 36.2 Å². The van der Waals surface area contributed by atoms with Gasteiger partial charge in [0.15, 0.2) is 0 Å². The maximum atomic E-state index is 13.2. The van der Waals surface area contributed by atoms with Gasteiger partial charge in [-0.2, -0.15) is 0 Å². The smallest absolute Gasteiger partial charge is 0.240 e. The second-order valence-electron chi connectivity index (χ2n) is 6.87. The molecule has 0 atom stereocenters. The summed E-state index contributed by atoms with van der Waals surface area (Å²) < 4.78 is 56.8. The molecule has 0 saturated heterocycles. The van der Waals surface area contributed by atoms with E-state index in [-0.39, 0.29) is 21.9 Å². The van der Waals surface area contributed by atoms with Crippen LogP contribution in [0.1, 0.15) is 5.56 Å². The summed E-state index contributed by atoms with van der Waals surface area (Å²) in [5.41, 5.74) is 1.28. The van der Waals surface area contributed by atoms with E-state index in [1.54, 1.807) is 36.4 Å². The molecule has 0 aliphatic heterocycles. The third-order valence-corrected chi connectivity index (χ3v) is 8.67. The molecule has 0 saturated carbocycles. The van der Waals surface area contributed by atoms with Crippen LogP contribution >= 0.6 is 15.9 Å². The molecular formula is C22H19BrN2O4S2. The first kappa shape index (κ1) is 21.8. The van der Waals surface area contributed by atoms with Gasteiger partial charge in [-0.25, -0.2) is 25.5 Å². The molecule has 4 aromatic rings. The van der Waals surface area contributed by atoms with Crippen molar-refractivity contribution in [3.8, 4) is 0 Å². The quantitative estimate of drug-likeness (QED) is 0.398. The zero-order chi connectivity index (χ0) is 22.1. The van der Waals surface area contributed by atoms with Crippen LogP contribution in [-0.4, -0.2) is 27.4 Å².